The van der Waals surface area contributed by atoms with Crippen molar-refractivity contribution in [3.05, 3.63) is 34.5 Å². The van der Waals surface area contributed by atoms with E-state index in [4.69, 9.17) is 0 Å². The second-order valence-corrected chi connectivity index (χ2v) is 6.73. The van der Waals surface area contributed by atoms with Crippen molar-refractivity contribution in [1.29, 1.82) is 5.26 Å². The molecule has 26 heavy (non-hydrogen) atoms. The molecule has 0 unspecified atom stereocenters. The molecular weight excluding hydrogens is 345 g/mol. The number of nitrogens with one attached hydrogen (secondary N) is 1. The van der Waals surface area contributed by atoms with Gasteiger partial charge >= 0.3 is 6.18 Å². The summed E-state index contributed by atoms with van der Waals surface area (Å²) in [6.07, 6.45) is -1.09. The van der Waals surface area contributed by atoms with Crippen LogP contribution in [0.1, 0.15) is 41.3 Å². The number of halogens is 3. The van der Waals surface area contributed by atoms with Crippen LogP contribution in [0.2, 0.25) is 0 Å². The van der Waals surface area contributed by atoms with Gasteiger partial charge in [0.15, 0.2) is 5.82 Å². The first kappa shape index (κ1) is 16.8. The SMILES string of the molecule is N#Cc1cc2c(nc1NCc1nnc3n1C[C@H](C(F)(F)F)CC3)CCC2. The van der Waals surface area contributed by atoms with E-state index in [0.29, 0.717) is 23.0 Å². The van der Waals surface area contributed by atoms with E-state index in [-0.39, 0.29) is 25.9 Å². The van der Waals surface area contributed by atoms with Gasteiger partial charge in [0.1, 0.15) is 17.7 Å². The monoisotopic (exact) mass is 362 g/mol. The van der Waals surface area contributed by atoms with Crippen LogP contribution in [-0.4, -0.2) is 25.9 Å². The average Bonchev–Trinajstić information content (AvgIpc) is 3.23. The lowest BCUT2D eigenvalue weighted by atomic mass is 9.99. The maximum atomic E-state index is 13.0. The smallest absolute Gasteiger partial charge is 0.362 e. The molecule has 0 amide bonds. The molecule has 0 spiro atoms. The summed E-state index contributed by atoms with van der Waals surface area (Å²) in [6.45, 7) is 0.0175. The van der Waals surface area contributed by atoms with E-state index in [1.807, 2.05) is 6.07 Å². The van der Waals surface area contributed by atoms with Gasteiger partial charge in [0.2, 0.25) is 0 Å². The van der Waals surface area contributed by atoms with E-state index >= 15 is 0 Å². The number of pyridine rings is 1. The largest absolute Gasteiger partial charge is 0.393 e. The molecule has 0 fully saturated rings. The highest BCUT2D eigenvalue weighted by atomic mass is 19.4. The third-order valence-corrected chi connectivity index (χ3v) is 5.07. The zero-order valence-electron chi connectivity index (χ0n) is 14.0. The van der Waals surface area contributed by atoms with E-state index in [0.717, 1.165) is 30.5 Å². The molecule has 9 heteroatoms. The molecule has 1 aliphatic heterocycles. The molecule has 0 saturated heterocycles. The molecular formula is C17H17F3N6. The van der Waals surface area contributed by atoms with Gasteiger partial charge in [-0.15, -0.1) is 10.2 Å². The van der Waals surface area contributed by atoms with Gasteiger partial charge < -0.3 is 9.88 Å². The molecule has 1 N–H and O–H groups in total. The Morgan fingerprint density at radius 3 is 2.88 bits per heavy atom. The second kappa shape index (κ2) is 6.27. The highest BCUT2D eigenvalue weighted by molar-refractivity contribution is 5.55. The molecule has 136 valence electrons. The summed E-state index contributed by atoms with van der Waals surface area (Å²) in [5.41, 5.74) is 2.52. The van der Waals surface area contributed by atoms with Gasteiger partial charge in [0.05, 0.1) is 18.0 Å². The van der Waals surface area contributed by atoms with Gasteiger partial charge in [0, 0.05) is 18.7 Å². The number of aromatic nitrogens is 4. The van der Waals surface area contributed by atoms with Crippen LogP contribution < -0.4 is 5.32 Å². The molecule has 4 rings (SSSR count). The van der Waals surface area contributed by atoms with Crippen molar-refractivity contribution < 1.29 is 13.2 Å². The van der Waals surface area contributed by atoms with E-state index in [1.54, 1.807) is 0 Å². The molecule has 2 aromatic heterocycles. The summed E-state index contributed by atoms with van der Waals surface area (Å²) in [6, 6.07) is 3.97. The first-order valence-electron chi connectivity index (χ1n) is 8.60. The molecule has 1 atom stereocenters. The van der Waals surface area contributed by atoms with Crippen LogP contribution in [0.25, 0.3) is 0 Å². The summed E-state index contributed by atoms with van der Waals surface area (Å²) in [7, 11) is 0. The van der Waals surface area contributed by atoms with Crippen LogP contribution in [0.15, 0.2) is 6.07 Å². The van der Waals surface area contributed by atoms with E-state index < -0.39 is 12.1 Å². The summed E-state index contributed by atoms with van der Waals surface area (Å²) in [4.78, 5) is 4.52. The van der Waals surface area contributed by atoms with Crippen molar-refractivity contribution in [2.24, 2.45) is 5.92 Å². The Morgan fingerprint density at radius 2 is 2.12 bits per heavy atom. The highest BCUT2D eigenvalue weighted by Crippen LogP contribution is 2.34. The molecule has 2 aromatic rings. The highest BCUT2D eigenvalue weighted by Gasteiger charge is 2.42. The summed E-state index contributed by atoms with van der Waals surface area (Å²) in [5.74, 6) is 0.0797. The van der Waals surface area contributed by atoms with Gasteiger partial charge in [-0.2, -0.15) is 18.4 Å². The van der Waals surface area contributed by atoms with Gasteiger partial charge in [0.25, 0.3) is 0 Å². The predicted molar refractivity (Wildman–Crippen MR) is 86.2 cm³/mol. The number of fused-ring (bicyclic) bond motifs is 2. The molecule has 0 aromatic carbocycles. The van der Waals surface area contributed by atoms with Gasteiger partial charge in [-0.05, 0) is 37.3 Å². The van der Waals surface area contributed by atoms with Crippen molar-refractivity contribution in [2.45, 2.75) is 51.4 Å². The quantitative estimate of drug-likeness (QED) is 0.908. The fraction of sp³-hybridized carbons (Fsp3) is 0.529. The third kappa shape index (κ3) is 3.00. The van der Waals surface area contributed by atoms with E-state index in [1.165, 1.54) is 4.57 Å². The number of anilines is 1. The molecule has 6 nitrogen and oxygen atoms in total. The third-order valence-electron chi connectivity index (χ3n) is 5.07. The van der Waals surface area contributed by atoms with Crippen LogP contribution in [0.3, 0.4) is 0 Å². The standard InChI is InChI=1S/C17H17F3N6/c18-17(19,20)12-4-5-14-24-25-15(26(14)9-12)8-22-16-11(7-21)6-10-2-1-3-13(10)23-16/h6,12H,1-5,8-9H2,(H,22,23)/t12-/m1/s1. The topological polar surface area (TPSA) is 79.4 Å². The summed E-state index contributed by atoms with van der Waals surface area (Å²) >= 11 is 0. The molecule has 0 saturated carbocycles. The Bertz CT molecular complexity index is 880. The van der Waals surface area contributed by atoms with Crippen molar-refractivity contribution >= 4 is 5.82 Å². The Kier molecular flexibility index (Phi) is 4.05. The first-order valence-corrected chi connectivity index (χ1v) is 8.60. The number of alkyl halides is 3. The molecule has 2 aliphatic rings. The van der Waals surface area contributed by atoms with Crippen LogP contribution in [0.5, 0.6) is 0 Å². The van der Waals surface area contributed by atoms with Crippen LogP contribution in [0, 0.1) is 17.2 Å². The summed E-state index contributed by atoms with van der Waals surface area (Å²) < 4.78 is 40.6. The van der Waals surface area contributed by atoms with Gasteiger partial charge in [-0.1, -0.05) is 0 Å². The second-order valence-electron chi connectivity index (χ2n) is 6.73. The van der Waals surface area contributed by atoms with Crippen LogP contribution in [-0.2, 0) is 32.4 Å². The minimum absolute atomic E-state index is 0.0417. The fourth-order valence-corrected chi connectivity index (χ4v) is 3.64. The molecule has 0 bridgehead atoms. The average molecular weight is 362 g/mol. The van der Waals surface area contributed by atoms with Crippen LogP contribution >= 0.6 is 0 Å². The number of hydrogen-bond donors (Lipinski definition) is 1. The van der Waals surface area contributed by atoms with Crippen LogP contribution in [0.4, 0.5) is 19.0 Å². The normalized spacial score (nSPS) is 18.9. The Hall–Kier alpha value is -2.63. The molecule has 0 radical (unpaired) electrons. The number of nitriles is 1. The lowest BCUT2D eigenvalue weighted by molar-refractivity contribution is -0.182. The maximum absolute atomic E-state index is 13.0. The first-order chi connectivity index (χ1) is 12.5. The van der Waals surface area contributed by atoms with Crippen molar-refractivity contribution in [3.63, 3.8) is 0 Å². The number of hydrogen-bond acceptors (Lipinski definition) is 5. The van der Waals surface area contributed by atoms with E-state index in [9.17, 15) is 18.4 Å². The lowest BCUT2D eigenvalue weighted by Crippen LogP contribution is -2.33. The zero-order chi connectivity index (χ0) is 18.3. The van der Waals surface area contributed by atoms with Gasteiger partial charge in [-0.25, -0.2) is 4.98 Å². The van der Waals surface area contributed by atoms with Crippen molar-refractivity contribution in [2.75, 3.05) is 5.32 Å². The predicted octanol–water partition coefficient (Wildman–Crippen LogP) is 2.77. The molecule has 1 aliphatic carbocycles. The molecule has 3 heterocycles. The van der Waals surface area contributed by atoms with Crippen molar-refractivity contribution in [3.8, 4) is 6.07 Å². The minimum Gasteiger partial charge on any atom is -0.362 e. The fourth-order valence-electron chi connectivity index (χ4n) is 3.64. The zero-order valence-corrected chi connectivity index (χ0v) is 14.0. The summed E-state index contributed by atoms with van der Waals surface area (Å²) in [5, 5.41) is 20.4. The van der Waals surface area contributed by atoms with Gasteiger partial charge in [-0.3, -0.25) is 0 Å². The minimum atomic E-state index is -4.22. The Morgan fingerprint density at radius 1 is 1.27 bits per heavy atom. The lowest BCUT2D eigenvalue weighted by Gasteiger charge is -2.26. The Balaban J connectivity index is 1.54. The van der Waals surface area contributed by atoms with Crippen molar-refractivity contribution in [1.82, 2.24) is 19.7 Å². The Labute approximate surface area is 148 Å². The maximum Gasteiger partial charge on any atom is 0.393 e. The number of nitrogens with zero attached hydrogens (tertiary/aromatic N) is 5. The number of rotatable bonds is 3. The number of aryl methyl sites for hydroxylation is 3. The van der Waals surface area contributed by atoms with E-state index in [2.05, 4.69) is 26.6 Å².